The minimum atomic E-state index is 0.290. The molecule has 0 unspecified atom stereocenters. The van der Waals surface area contributed by atoms with E-state index in [0.717, 1.165) is 49.4 Å². The van der Waals surface area contributed by atoms with Crippen LogP contribution in [0, 0.1) is 0 Å². The number of hydrogen-bond acceptors (Lipinski definition) is 4. The van der Waals surface area contributed by atoms with Crippen LogP contribution in [0.2, 0.25) is 0 Å². The Morgan fingerprint density at radius 1 is 1.00 bits per heavy atom. The predicted molar refractivity (Wildman–Crippen MR) is 82.8 cm³/mol. The van der Waals surface area contributed by atoms with Crippen molar-refractivity contribution >= 4 is 5.69 Å². The van der Waals surface area contributed by atoms with E-state index in [1.807, 2.05) is 32.0 Å². The second-order valence-corrected chi connectivity index (χ2v) is 4.59. The van der Waals surface area contributed by atoms with Gasteiger partial charge in [0.25, 0.3) is 0 Å². The van der Waals surface area contributed by atoms with Gasteiger partial charge in [0, 0.05) is 19.2 Å². The van der Waals surface area contributed by atoms with Gasteiger partial charge in [-0.3, -0.25) is 0 Å². The summed E-state index contributed by atoms with van der Waals surface area (Å²) in [5.74, 6) is 1.73. The van der Waals surface area contributed by atoms with E-state index in [1.54, 1.807) is 0 Å². The van der Waals surface area contributed by atoms with Crippen LogP contribution in [0.4, 0.5) is 5.69 Å². The Kier molecular flexibility index (Phi) is 8.63. The molecule has 114 valence electrons. The molecule has 0 radical (unpaired) electrons. The van der Waals surface area contributed by atoms with Gasteiger partial charge in [0.15, 0.2) is 0 Å². The van der Waals surface area contributed by atoms with Crippen LogP contribution in [0.1, 0.15) is 39.5 Å². The molecule has 4 heteroatoms. The summed E-state index contributed by atoms with van der Waals surface area (Å²) in [4.78, 5) is 0. The molecule has 0 heterocycles. The molecule has 0 spiro atoms. The van der Waals surface area contributed by atoms with Crippen molar-refractivity contribution in [2.45, 2.75) is 39.5 Å². The molecular weight excluding hydrogens is 254 g/mol. The van der Waals surface area contributed by atoms with E-state index in [1.165, 1.54) is 0 Å². The van der Waals surface area contributed by atoms with Crippen LogP contribution in [-0.2, 0) is 0 Å². The third kappa shape index (κ3) is 6.15. The number of anilines is 1. The fraction of sp³-hybridized carbons (Fsp3) is 0.625. The fourth-order valence-corrected chi connectivity index (χ4v) is 2.00. The Balaban J connectivity index is 2.49. The standard InChI is InChI=1S/C16H27NO3/c1-3-19-14-9-10-16(20-4-2)15(13-14)17-11-7-5-6-8-12-18/h9-10,13,17-18H,3-8,11-12H2,1-2H3. The Morgan fingerprint density at radius 2 is 1.75 bits per heavy atom. The smallest absolute Gasteiger partial charge is 0.142 e. The van der Waals surface area contributed by atoms with Crippen molar-refractivity contribution in [2.75, 3.05) is 31.7 Å². The van der Waals surface area contributed by atoms with E-state index in [9.17, 15) is 0 Å². The maximum absolute atomic E-state index is 8.73. The first kappa shape index (κ1) is 16.6. The lowest BCUT2D eigenvalue weighted by Crippen LogP contribution is -2.05. The third-order valence-electron chi connectivity index (χ3n) is 2.96. The third-order valence-corrected chi connectivity index (χ3v) is 2.96. The van der Waals surface area contributed by atoms with E-state index >= 15 is 0 Å². The number of benzene rings is 1. The van der Waals surface area contributed by atoms with E-state index in [4.69, 9.17) is 14.6 Å². The molecule has 4 nitrogen and oxygen atoms in total. The van der Waals surface area contributed by atoms with E-state index in [0.29, 0.717) is 13.2 Å². The maximum atomic E-state index is 8.73. The second-order valence-electron chi connectivity index (χ2n) is 4.59. The van der Waals surface area contributed by atoms with Gasteiger partial charge in [-0.25, -0.2) is 0 Å². The first-order valence-corrected chi connectivity index (χ1v) is 7.56. The molecule has 0 saturated carbocycles. The molecule has 0 atom stereocenters. The van der Waals surface area contributed by atoms with Gasteiger partial charge in [0.2, 0.25) is 0 Å². The van der Waals surface area contributed by atoms with Gasteiger partial charge >= 0.3 is 0 Å². The quantitative estimate of drug-likeness (QED) is 0.610. The van der Waals surface area contributed by atoms with Crippen LogP contribution < -0.4 is 14.8 Å². The molecule has 0 aliphatic carbocycles. The molecule has 1 aromatic rings. The Bertz CT molecular complexity index is 369. The Hall–Kier alpha value is -1.42. The summed E-state index contributed by atoms with van der Waals surface area (Å²) in [6.45, 7) is 6.47. The van der Waals surface area contributed by atoms with Crippen LogP contribution in [0.15, 0.2) is 18.2 Å². The highest BCUT2D eigenvalue weighted by Crippen LogP contribution is 2.29. The predicted octanol–water partition coefficient (Wildman–Crippen LogP) is 3.45. The topological polar surface area (TPSA) is 50.7 Å². The molecule has 0 aromatic heterocycles. The van der Waals surface area contributed by atoms with Crippen LogP contribution >= 0.6 is 0 Å². The molecule has 20 heavy (non-hydrogen) atoms. The van der Waals surface area contributed by atoms with Crippen molar-refractivity contribution in [1.82, 2.24) is 0 Å². The Morgan fingerprint density at radius 3 is 2.45 bits per heavy atom. The highest BCUT2D eigenvalue weighted by molar-refractivity contribution is 5.59. The largest absolute Gasteiger partial charge is 0.494 e. The molecule has 0 bridgehead atoms. The summed E-state index contributed by atoms with van der Waals surface area (Å²) in [6, 6.07) is 5.87. The molecule has 0 amide bonds. The first-order valence-electron chi connectivity index (χ1n) is 7.56. The SMILES string of the molecule is CCOc1ccc(OCC)c(NCCCCCCO)c1. The van der Waals surface area contributed by atoms with Crippen molar-refractivity contribution in [3.63, 3.8) is 0 Å². The van der Waals surface area contributed by atoms with Gasteiger partial charge in [-0.15, -0.1) is 0 Å². The summed E-state index contributed by atoms with van der Waals surface area (Å²) in [7, 11) is 0. The average Bonchev–Trinajstić information content (AvgIpc) is 2.45. The lowest BCUT2D eigenvalue weighted by atomic mass is 10.2. The summed E-state index contributed by atoms with van der Waals surface area (Å²) >= 11 is 0. The Labute approximate surface area is 122 Å². The highest BCUT2D eigenvalue weighted by atomic mass is 16.5. The summed E-state index contributed by atoms with van der Waals surface area (Å²) in [5, 5.41) is 12.1. The second kappa shape index (κ2) is 10.4. The van der Waals surface area contributed by atoms with Crippen LogP contribution in [0.25, 0.3) is 0 Å². The van der Waals surface area contributed by atoms with Crippen molar-refractivity contribution in [2.24, 2.45) is 0 Å². The van der Waals surface area contributed by atoms with Crippen molar-refractivity contribution in [3.05, 3.63) is 18.2 Å². The molecule has 0 saturated heterocycles. The van der Waals surface area contributed by atoms with Gasteiger partial charge < -0.3 is 19.9 Å². The zero-order chi connectivity index (χ0) is 14.6. The van der Waals surface area contributed by atoms with Gasteiger partial charge in [0.1, 0.15) is 11.5 Å². The van der Waals surface area contributed by atoms with Crippen molar-refractivity contribution in [1.29, 1.82) is 0 Å². The van der Waals surface area contributed by atoms with E-state index in [-0.39, 0.29) is 6.61 Å². The summed E-state index contributed by atoms with van der Waals surface area (Å²) in [6.07, 6.45) is 4.19. The molecule has 0 aliphatic heterocycles. The molecule has 0 aliphatic rings. The van der Waals surface area contributed by atoms with Gasteiger partial charge in [-0.05, 0) is 38.8 Å². The minimum absolute atomic E-state index is 0.290. The average molecular weight is 281 g/mol. The number of hydrogen-bond donors (Lipinski definition) is 2. The first-order chi connectivity index (χ1) is 9.81. The zero-order valence-electron chi connectivity index (χ0n) is 12.7. The maximum Gasteiger partial charge on any atom is 0.142 e. The summed E-state index contributed by atoms with van der Waals surface area (Å²) < 4.78 is 11.1. The number of rotatable bonds is 11. The number of unbranched alkanes of at least 4 members (excludes halogenated alkanes) is 3. The number of aliphatic hydroxyl groups excluding tert-OH is 1. The lowest BCUT2D eigenvalue weighted by Gasteiger charge is -2.14. The van der Waals surface area contributed by atoms with Gasteiger partial charge in [-0.1, -0.05) is 12.8 Å². The molecule has 2 N–H and O–H groups in total. The summed E-state index contributed by atoms with van der Waals surface area (Å²) in [5.41, 5.74) is 0.986. The number of aliphatic hydroxyl groups is 1. The van der Waals surface area contributed by atoms with E-state index in [2.05, 4.69) is 5.32 Å². The normalized spacial score (nSPS) is 10.3. The van der Waals surface area contributed by atoms with Gasteiger partial charge in [-0.2, -0.15) is 0 Å². The van der Waals surface area contributed by atoms with Crippen molar-refractivity contribution < 1.29 is 14.6 Å². The highest BCUT2D eigenvalue weighted by Gasteiger charge is 2.05. The molecule has 1 rings (SSSR count). The molecule has 0 fully saturated rings. The van der Waals surface area contributed by atoms with Crippen LogP contribution in [0.5, 0.6) is 11.5 Å². The van der Waals surface area contributed by atoms with Crippen LogP contribution in [0.3, 0.4) is 0 Å². The zero-order valence-corrected chi connectivity index (χ0v) is 12.7. The van der Waals surface area contributed by atoms with Gasteiger partial charge in [0.05, 0.1) is 18.9 Å². The molecule has 1 aromatic carbocycles. The molecular formula is C16H27NO3. The fourth-order valence-electron chi connectivity index (χ4n) is 2.00. The number of nitrogens with one attached hydrogen (secondary N) is 1. The minimum Gasteiger partial charge on any atom is -0.494 e. The number of ether oxygens (including phenoxy) is 2. The lowest BCUT2D eigenvalue weighted by molar-refractivity contribution is 0.283. The van der Waals surface area contributed by atoms with Crippen molar-refractivity contribution in [3.8, 4) is 11.5 Å². The van der Waals surface area contributed by atoms with E-state index < -0.39 is 0 Å². The van der Waals surface area contributed by atoms with Crippen LogP contribution in [-0.4, -0.2) is 31.5 Å². The monoisotopic (exact) mass is 281 g/mol.